The molecule has 0 spiro atoms. The second-order valence-electron chi connectivity index (χ2n) is 8.50. The van der Waals surface area contributed by atoms with Gasteiger partial charge in [-0.3, -0.25) is 9.78 Å². The van der Waals surface area contributed by atoms with Crippen molar-refractivity contribution in [2.45, 2.75) is 44.7 Å². The van der Waals surface area contributed by atoms with Gasteiger partial charge in [-0.1, -0.05) is 30.7 Å². The largest absolute Gasteiger partial charge is 0.418 e. The van der Waals surface area contributed by atoms with Crippen LogP contribution in [-0.4, -0.2) is 10.9 Å². The summed E-state index contributed by atoms with van der Waals surface area (Å²) in [7, 11) is 0. The molecule has 3 aromatic rings. The summed E-state index contributed by atoms with van der Waals surface area (Å²) >= 11 is 5.89. The lowest BCUT2D eigenvalue weighted by Crippen LogP contribution is -2.29. The molecule has 3 nitrogen and oxygen atoms in total. The minimum absolute atomic E-state index is 0.00957. The average molecular weight is 461 g/mol. The Kier molecular flexibility index (Phi) is 6.42. The van der Waals surface area contributed by atoms with E-state index >= 15 is 0 Å². The van der Waals surface area contributed by atoms with Gasteiger partial charge < -0.3 is 5.32 Å². The SMILES string of the molecule is C[C@@H](C(=O)Nc1ccc(Cl)cc1)C1CCC(c2ccnc3c(C(F)(F)F)cccc23)CC1. The molecule has 0 unspecified atom stereocenters. The summed E-state index contributed by atoms with van der Waals surface area (Å²) in [6, 6.07) is 13.1. The molecule has 2 aromatic carbocycles. The second kappa shape index (κ2) is 9.10. The summed E-state index contributed by atoms with van der Waals surface area (Å²) in [5.41, 5.74) is 0.940. The van der Waals surface area contributed by atoms with Gasteiger partial charge in [0.15, 0.2) is 0 Å². The molecule has 32 heavy (non-hydrogen) atoms. The van der Waals surface area contributed by atoms with Crippen molar-refractivity contribution in [2.75, 3.05) is 5.32 Å². The maximum absolute atomic E-state index is 13.4. The second-order valence-corrected chi connectivity index (χ2v) is 8.93. The van der Waals surface area contributed by atoms with Gasteiger partial charge in [-0.05, 0) is 79.5 Å². The Bertz CT molecular complexity index is 1110. The van der Waals surface area contributed by atoms with Crippen LogP contribution in [0.25, 0.3) is 10.9 Å². The lowest BCUT2D eigenvalue weighted by molar-refractivity contribution is -0.136. The van der Waals surface area contributed by atoms with Gasteiger partial charge in [0.25, 0.3) is 0 Å². The van der Waals surface area contributed by atoms with Gasteiger partial charge in [0.2, 0.25) is 5.91 Å². The van der Waals surface area contributed by atoms with E-state index < -0.39 is 11.7 Å². The summed E-state index contributed by atoms with van der Waals surface area (Å²) in [6.07, 6.45) is 0.402. The van der Waals surface area contributed by atoms with E-state index in [1.54, 1.807) is 30.3 Å². The lowest BCUT2D eigenvalue weighted by atomic mass is 9.73. The summed E-state index contributed by atoms with van der Waals surface area (Å²) in [5.74, 6) is 0.210. The maximum Gasteiger partial charge on any atom is 0.418 e. The van der Waals surface area contributed by atoms with Gasteiger partial charge in [0.05, 0.1) is 11.1 Å². The summed E-state index contributed by atoms with van der Waals surface area (Å²) in [5, 5.41) is 4.12. The number of carbonyl (C=O) groups is 1. The van der Waals surface area contributed by atoms with E-state index in [-0.39, 0.29) is 29.2 Å². The first-order chi connectivity index (χ1) is 15.2. The number of para-hydroxylation sites is 1. The number of aromatic nitrogens is 1. The summed E-state index contributed by atoms with van der Waals surface area (Å²) in [6.45, 7) is 1.94. The molecule has 4 rings (SSSR count). The summed E-state index contributed by atoms with van der Waals surface area (Å²) in [4.78, 5) is 16.7. The maximum atomic E-state index is 13.4. The van der Waals surface area contributed by atoms with Gasteiger partial charge in [-0.15, -0.1) is 0 Å². The normalized spacial score (nSPS) is 20.2. The Balaban J connectivity index is 1.45. The third-order valence-electron chi connectivity index (χ3n) is 6.55. The molecule has 1 N–H and O–H groups in total. The number of rotatable bonds is 4. The van der Waals surface area contributed by atoms with Crippen LogP contribution in [0.3, 0.4) is 0 Å². The number of hydrogen-bond acceptors (Lipinski definition) is 2. The van der Waals surface area contributed by atoms with Gasteiger partial charge in [0.1, 0.15) is 0 Å². The number of pyridine rings is 1. The van der Waals surface area contributed by atoms with E-state index in [0.29, 0.717) is 16.1 Å². The number of fused-ring (bicyclic) bond motifs is 1. The molecule has 7 heteroatoms. The molecule has 0 saturated heterocycles. The van der Waals surface area contributed by atoms with Gasteiger partial charge in [0, 0.05) is 28.2 Å². The van der Waals surface area contributed by atoms with Crippen molar-refractivity contribution in [1.82, 2.24) is 4.98 Å². The molecule has 1 heterocycles. The van der Waals surface area contributed by atoms with Crippen molar-refractivity contribution < 1.29 is 18.0 Å². The molecule has 1 aliphatic carbocycles. The molecule has 0 bridgehead atoms. The van der Waals surface area contributed by atoms with Gasteiger partial charge in [-0.25, -0.2) is 0 Å². The van der Waals surface area contributed by atoms with Crippen LogP contribution in [0.2, 0.25) is 5.02 Å². The predicted molar refractivity (Wildman–Crippen MR) is 121 cm³/mol. The van der Waals surface area contributed by atoms with E-state index in [4.69, 9.17) is 11.6 Å². The number of anilines is 1. The zero-order valence-electron chi connectivity index (χ0n) is 17.6. The molecule has 1 atom stereocenters. The Morgan fingerprint density at radius 3 is 2.41 bits per heavy atom. The van der Waals surface area contributed by atoms with E-state index in [1.165, 1.54) is 12.3 Å². The Labute approximate surface area is 190 Å². The lowest BCUT2D eigenvalue weighted by Gasteiger charge is -2.32. The molecular formula is C25H24ClF3N2O. The van der Waals surface area contributed by atoms with Crippen LogP contribution in [0, 0.1) is 11.8 Å². The van der Waals surface area contributed by atoms with Crippen molar-refractivity contribution in [3.8, 4) is 0 Å². The predicted octanol–water partition coefficient (Wildman–Crippen LogP) is 7.46. The van der Waals surface area contributed by atoms with E-state index in [9.17, 15) is 18.0 Å². The van der Waals surface area contributed by atoms with E-state index in [1.807, 2.05) is 13.0 Å². The smallest absolute Gasteiger partial charge is 0.326 e. The number of nitrogens with zero attached hydrogens (tertiary/aromatic N) is 1. The fourth-order valence-electron chi connectivity index (χ4n) is 4.72. The molecule has 1 aliphatic rings. The molecule has 1 aromatic heterocycles. The third kappa shape index (κ3) is 4.75. The third-order valence-corrected chi connectivity index (χ3v) is 6.81. The topological polar surface area (TPSA) is 42.0 Å². The van der Waals surface area contributed by atoms with Crippen molar-refractivity contribution in [3.05, 3.63) is 70.9 Å². The molecule has 168 valence electrons. The molecule has 1 fully saturated rings. The van der Waals surface area contributed by atoms with Crippen LogP contribution in [0.5, 0.6) is 0 Å². The number of halogens is 4. The van der Waals surface area contributed by atoms with Crippen LogP contribution in [0.15, 0.2) is 54.7 Å². The highest BCUT2D eigenvalue weighted by Gasteiger charge is 2.34. The number of alkyl halides is 3. The zero-order valence-corrected chi connectivity index (χ0v) is 18.4. The van der Waals surface area contributed by atoms with Crippen molar-refractivity contribution in [2.24, 2.45) is 11.8 Å². The number of carbonyl (C=O) groups excluding carboxylic acids is 1. The number of nitrogens with one attached hydrogen (secondary N) is 1. The first-order valence-electron chi connectivity index (χ1n) is 10.8. The summed E-state index contributed by atoms with van der Waals surface area (Å²) < 4.78 is 40.2. The quantitative estimate of drug-likeness (QED) is 0.439. The monoisotopic (exact) mass is 460 g/mol. The zero-order chi connectivity index (χ0) is 22.9. The minimum Gasteiger partial charge on any atom is -0.326 e. The van der Waals surface area contributed by atoms with E-state index in [2.05, 4.69) is 10.3 Å². The van der Waals surface area contributed by atoms with Crippen LogP contribution < -0.4 is 5.32 Å². The average Bonchev–Trinajstić information content (AvgIpc) is 2.78. The van der Waals surface area contributed by atoms with Crippen LogP contribution in [0.1, 0.15) is 49.7 Å². The molecule has 1 amide bonds. The van der Waals surface area contributed by atoms with Crippen molar-refractivity contribution >= 4 is 34.1 Å². The minimum atomic E-state index is -4.43. The Hall–Kier alpha value is -2.60. The number of hydrogen-bond donors (Lipinski definition) is 1. The number of benzene rings is 2. The van der Waals surface area contributed by atoms with Gasteiger partial charge >= 0.3 is 6.18 Å². The van der Waals surface area contributed by atoms with Crippen molar-refractivity contribution in [1.29, 1.82) is 0 Å². The van der Waals surface area contributed by atoms with Crippen LogP contribution in [-0.2, 0) is 11.0 Å². The first kappa shape index (κ1) is 22.6. The van der Waals surface area contributed by atoms with Crippen LogP contribution in [0.4, 0.5) is 18.9 Å². The Morgan fingerprint density at radius 1 is 1.06 bits per heavy atom. The first-order valence-corrected chi connectivity index (χ1v) is 11.1. The van der Waals surface area contributed by atoms with E-state index in [0.717, 1.165) is 37.3 Å². The standard InChI is InChI=1S/C25H24ClF3N2O/c1-15(24(32)31-19-11-9-18(26)10-12-19)16-5-7-17(8-6-16)20-13-14-30-23-21(20)3-2-4-22(23)25(27,28)29/h2-4,9-17H,5-8H2,1H3,(H,31,32)/t15-,16?,17?/m1/s1. The highest BCUT2D eigenvalue weighted by molar-refractivity contribution is 6.30. The van der Waals surface area contributed by atoms with Crippen molar-refractivity contribution in [3.63, 3.8) is 0 Å². The highest BCUT2D eigenvalue weighted by Crippen LogP contribution is 2.42. The van der Waals surface area contributed by atoms with Crippen LogP contribution >= 0.6 is 11.6 Å². The molecule has 1 saturated carbocycles. The fraction of sp³-hybridized carbons (Fsp3) is 0.360. The number of amides is 1. The molecular weight excluding hydrogens is 437 g/mol. The molecule has 0 aliphatic heterocycles. The fourth-order valence-corrected chi connectivity index (χ4v) is 4.84. The van der Waals surface area contributed by atoms with Gasteiger partial charge in [-0.2, -0.15) is 13.2 Å². The molecule has 0 radical (unpaired) electrons. The highest BCUT2D eigenvalue weighted by atomic mass is 35.5. The Morgan fingerprint density at radius 2 is 1.75 bits per heavy atom.